The number of anilines is 1. The van der Waals surface area contributed by atoms with Crippen LogP contribution >= 0.6 is 11.3 Å². The highest BCUT2D eigenvalue weighted by Gasteiger charge is 2.16. The molecule has 0 saturated heterocycles. The molecule has 0 aliphatic rings. The summed E-state index contributed by atoms with van der Waals surface area (Å²) in [6.07, 6.45) is 0. The number of amides is 1. The van der Waals surface area contributed by atoms with E-state index in [9.17, 15) is 14.4 Å². The molecule has 0 spiro atoms. The fraction of sp³-hybridized carbons (Fsp3) is 0.188. The average Bonchev–Trinajstić information content (AvgIpc) is 2.95. The Bertz CT molecular complexity index is 703. The van der Waals surface area contributed by atoms with Crippen LogP contribution in [0.3, 0.4) is 0 Å². The fourth-order valence-corrected chi connectivity index (χ4v) is 2.58. The normalized spacial score (nSPS) is 10.1. The van der Waals surface area contributed by atoms with E-state index < -0.39 is 5.97 Å². The molecule has 0 aliphatic carbocycles. The first-order valence-electron chi connectivity index (χ1n) is 6.70. The summed E-state index contributed by atoms with van der Waals surface area (Å²) in [4.78, 5) is 35.2. The molecule has 1 amide bonds. The third kappa shape index (κ3) is 3.59. The van der Waals surface area contributed by atoms with E-state index in [2.05, 4.69) is 5.32 Å². The quantitative estimate of drug-likeness (QED) is 0.678. The molecule has 1 heterocycles. The number of esters is 1. The highest BCUT2D eigenvalue weighted by atomic mass is 32.1. The monoisotopic (exact) mass is 317 g/mol. The lowest BCUT2D eigenvalue weighted by molar-refractivity contribution is 0.0528. The first-order chi connectivity index (χ1) is 10.5. The number of benzene rings is 1. The molecule has 1 aromatic heterocycles. The Morgan fingerprint density at radius 3 is 2.32 bits per heavy atom. The molecule has 0 fully saturated rings. The molecule has 0 atom stereocenters. The standard InChI is InChI=1S/C16H15NO4S/c1-3-21-16(20)13-8-9-22-15(13)17-14(19)12-6-4-11(5-7-12)10(2)18/h4-9H,3H2,1-2H3,(H,17,19). The summed E-state index contributed by atoms with van der Waals surface area (Å²) < 4.78 is 4.94. The topological polar surface area (TPSA) is 72.5 Å². The van der Waals surface area contributed by atoms with Gasteiger partial charge in [-0.25, -0.2) is 4.79 Å². The summed E-state index contributed by atoms with van der Waals surface area (Å²) in [5.41, 5.74) is 1.29. The lowest BCUT2D eigenvalue weighted by Crippen LogP contribution is -2.14. The van der Waals surface area contributed by atoms with Gasteiger partial charge in [-0.15, -0.1) is 11.3 Å². The third-order valence-corrected chi connectivity index (χ3v) is 3.77. The van der Waals surface area contributed by atoms with Gasteiger partial charge in [-0.3, -0.25) is 9.59 Å². The molecular formula is C16H15NO4S. The minimum absolute atomic E-state index is 0.0604. The maximum absolute atomic E-state index is 12.2. The van der Waals surface area contributed by atoms with E-state index in [1.165, 1.54) is 18.3 Å². The van der Waals surface area contributed by atoms with Crippen LogP contribution in [0.2, 0.25) is 0 Å². The van der Waals surface area contributed by atoms with Gasteiger partial charge in [0.15, 0.2) is 5.78 Å². The van der Waals surface area contributed by atoms with Crippen LogP contribution in [0, 0.1) is 0 Å². The summed E-state index contributed by atoms with van der Waals surface area (Å²) in [6, 6.07) is 7.94. The summed E-state index contributed by atoms with van der Waals surface area (Å²) >= 11 is 1.25. The number of nitrogens with one attached hydrogen (secondary N) is 1. The molecule has 0 saturated carbocycles. The smallest absolute Gasteiger partial charge is 0.341 e. The molecule has 0 aliphatic heterocycles. The van der Waals surface area contributed by atoms with Crippen molar-refractivity contribution in [3.63, 3.8) is 0 Å². The second kappa shape index (κ2) is 7.00. The van der Waals surface area contributed by atoms with Gasteiger partial charge in [-0.2, -0.15) is 0 Å². The molecule has 2 aromatic rings. The molecule has 0 bridgehead atoms. The minimum Gasteiger partial charge on any atom is -0.462 e. The van der Waals surface area contributed by atoms with E-state index in [-0.39, 0.29) is 18.3 Å². The highest BCUT2D eigenvalue weighted by molar-refractivity contribution is 7.14. The molecule has 1 aromatic carbocycles. The van der Waals surface area contributed by atoms with E-state index >= 15 is 0 Å². The second-order valence-electron chi connectivity index (χ2n) is 4.47. The first-order valence-corrected chi connectivity index (χ1v) is 7.58. The highest BCUT2D eigenvalue weighted by Crippen LogP contribution is 2.24. The Morgan fingerprint density at radius 1 is 1.09 bits per heavy atom. The van der Waals surface area contributed by atoms with Crippen molar-refractivity contribution in [3.8, 4) is 0 Å². The van der Waals surface area contributed by atoms with Crippen LogP contribution in [-0.2, 0) is 4.74 Å². The van der Waals surface area contributed by atoms with E-state index in [4.69, 9.17) is 4.74 Å². The zero-order valence-electron chi connectivity index (χ0n) is 12.2. The zero-order chi connectivity index (χ0) is 16.1. The van der Waals surface area contributed by atoms with Gasteiger partial charge in [0.25, 0.3) is 5.91 Å². The molecule has 1 N–H and O–H groups in total. The van der Waals surface area contributed by atoms with Crippen LogP contribution in [0.4, 0.5) is 5.00 Å². The Labute approximate surface area is 131 Å². The van der Waals surface area contributed by atoms with Crippen molar-refractivity contribution in [2.45, 2.75) is 13.8 Å². The fourth-order valence-electron chi connectivity index (χ4n) is 1.81. The average molecular weight is 317 g/mol. The van der Waals surface area contributed by atoms with Crippen LogP contribution in [0.1, 0.15) is 44.9 Å². The number of ether oxygens (including phenoxy) is 1. The molecule has 114 valence electrons. The van der Waals surface area contributed by atoms with Crippen molar-refractivity contribution in [1.29, 1.82) is 0 Å². The van der Waals surface area contributed by atoms with Crippen LogP contribution in [0.25, 0.3) is 0 Å². The van der Waals surface area contributed by atoms with Crippen LogP contribution < -0.4 is 5.32 Å². The Morgan fingerprint density at radius 2 is 1.73 bits per heavy atom. The Kier molecular flexibility index (Phi) is 5.06. The molecule has 2 rings (SSSR count). The van der Waals surface area contributed by atoms with Gasteiger partial charge in [-0.1, -0.05) is 12.1 Å². The largest absolute Gasteiger partial charge is 0.462 e. The van der Waals surface area contributed by atoms with Gasteiger partial charge in [-0.05, 0) is 37.4 Å². The number of Topliss-reactive ketones (excluding diaryl/α,β-unsaturated/α-hetero) is 1. The summed E-state index contributed by atoms with van der Waals surface area (Å²) in [5, 5.41) is 4.84. The number of thiophene rings is 1. The third-order valence-electron chi connectivity index (χ3n) is 2.94. The summed E-state index contributed by atoms with van der Waals surface area (Å²) in [7, 11) is 0. The molecule has 0 unspecified atom stereocenters. The molecule has 6 heteroatoms. The van der Waals surface area contributed by atoms with Crippen LogP contribution in [0.15, 0.2) is 35.7 Å². The number of rotatable bonds is 5. The summed E-state index contributed by atoms with van der Waals surface area (Å²) in [6.45, 7) is 3.46. The molecule has 5 nitrogen and oxygen atoms in total. The van der Waals surface area contributed by atoms with Crippen molar-refractivity contribution in [2.75, 3.05) is 11.9 Å². The first kappa shape index (κ1) is 15.9. The number of hydrogen-bond acceptors (Lipinski definition) is 5. The minimum atomic E-state index is -0.467. The van der Waals surface area contributed by atoms with Crippen molar-refractivity contribution in [3.05, 3.63) is 52.4 Å². The second-order valence-corrected chi connectivity index (χ2v) is 5.39. The van der Waals surface area contributed by atoms with E-state index in [1.807, 2.05) is 0 Å². The zero-order valence-corrected chi connectivity index (χ0v) is 13.0. The number of carbonyl (C=O) groups excluding carboxylic acids is 3. The molecule has 22 heavy (non-hydrogen) atoms. The molecular weight excluding hydrogens is 302 g/mol. The molecule has 0 radical (unpaired) electrons. The lowest BCUT2D eigenvalue weighted by atomic mass is 10.1. The van der Waals surface area contributed by atoms with Gasteiger partial charge in [0.2, 0.25) is 0 Å². The van der Waals surface area contributed by atoms with Gasteiger partial charge in [0.1, 0.15) is 5.00 Å². The van der Waals surface area contributed by atoms with Gasteiger partial charge >= 0.3 is 5.97 Å². The van der Waals surface area contributed by atoms with Crippen molar-refractivity contribution < 1.29 is 19.1 Å². The predicted molar refractivity (Wildman–Crippen MR) is 84.7 cm³/mol. The lowest BCUT2D eigenvalue weighted by Gasteiger charge is -2.06. The maximum Gasteiger partial charge on any atom is 0.341 e. The van der Waals surface area contributed by atoms with E-state index in [0.29, 0.717) is 21.7 Å². The van der Waals surface area contributed by atoms with Gasteiger partial charge < -0.3 is 10.1 Å². The van der Waals surface area contributed by atoms with Crippen molar-refractivity contribution in [1.82, 2.24) is 0 Å². The number of ketones is 1. The number of hydrogen-bond donors (Lipinski definition) is 1. The number of carbonyl (C=O) groups is 3. The Hall–Kier alpha value is -2.47. The summed E-state index contributed by atoms with van der Waals surface area (Å²) in [5.74, 6) is -0.871. The van der Waals surface area contributed by atoms with Gasteiger partial charge in [0, 0.05) is 11.1 Å². The SMILES string of the molecule is CCOC(=O)c1ccsc1NC(=O)c1ccc(C(C)=O)cc1. The maximum atomic E-state index is 12.2. The van der Waals surface area contributed by atoms with Gasteiger partial charge in [0.05, 0.1) is 12.2 Å². The van der Waals surface area contributed by atoms with E-state index in [1.54, 1.807) is 42.6 Å². The predicted octanol–water partition coefficient (Wildman–Crippen LogP) is 3.38. The van der Waals surface area contributed by atoms with Crippen LogP contribution in [0.5, 0.6) is 0 Å². The van der Waals surface area contributed by atoms with Crippen LogP contribution in [-0.4, -0.2) is 24.3 Å². The Balaban J connectivity index is 2.14. The van der Waals surface area contributed by atoms with Crippen molar-refractivity contribution in [2.24, 2.45) is 0 Å². The van der Waals surface area contributed by atoms with E-state index in [0.717, 1.165) is 0 Å². The van der Waals surface area contributed by atoms with Crippen molar-refractivity contribution >= 4 is 34.0 Å².